The number of para-hydroxylation sites is 3. The maximum Gasteiger partial charge on any atom is 0.261 e. The Morgan fingerprint density at radius 2 is 1.59 bits per heavy atom. The van der Waals surface area contributed by atoms with Gasteiger partial charge in [0.1, 0.15) is 11.1 Å². The first-order valence-corrected chi connectivity index (χ1v) is 8.70. The van der Waals surface area contributed by atoms with Crippen LogP contribution in [0.2, 0.25) is 0 Å². The van der Waals surface area contributed by atoms with Crippen LogP contribution in [0.1, 0.15) is 15.9 Å². The van der Waals surface area contributed by atoms with Crippen LogP contribution in [0.3, 0.4) is 0 Å². The van der Waals surface area contributed by atoms with Crippen molar-refractivity contribution >= 4 is 28.3 Å². The van der Waals surface area contributed by atoms with Crippen molar-refractivity contribution in [3.8, 4) is 0 Å². The van der Waals surface area contributed by atoms with Crippen LogP contribution in [0.5, 0.6) is 0 Å². The van der Waals surface area contributed by atoms with Gasteiger partial charge < -0.3 is 9.73 Å². The summed E-state index contributed by atoms with van der Waals surface area (Å²) in [5.74, 6) is -0.261. The van der Waals surface area contributed by atoms with Gasteiger partial charge in [-0.2, -0.15) is 0 Å². The molecule has 4 nitrogen and oxygen atoms in total. The van der Waals surface area contributed by atoms with Crippen molar-refractivity contribution in [1.29, 1.82) is 0 Å². The zero-order chi connectivity index (χ0) is 18.6. The van der Waals surface area contributed by atoms with Gasteiger partial charge in [0.25, 0.3) is 5.91 Å². The second-order valence-electron chi connectivity index (χ2n) is 6.22. The molecule has 1 N–H and O–H groups in total. The van der Waals surface area contributed by atoms with E-state index in [1.807, 2.05) is 91.9 Å². The Morgan fingerprint density at radius 3 is 2.41 bits per heavy atom. The number of hydrogen-bond acceptors (Lipinski definition) is 3. The number of carbonyl (C=O) groups excluding carboxylic acids is 1. The molecule has 4 heteroatoms. The van der Waals surface area contributed by atoms with Crippen molar-refractivity contribution in [3.63, 3.8) is 0 Å². The van der Waals surface area contributed by atoms with Crippen molar-refractivity contribution < 1.29 is 9.21 Å². The third-order valence-corrected chi connectivity index (χ3v) is 4.27. The molecular weight excluding hydrogens is 336 g/mol. The predicted molar refractivity (Wildman–Crippen MR) is 107 cm³/mol. The summed E-state index contributed by atoms with van der Waals surface area (Å²) in [5.41, 5.74) is 3.86. The Bertz CT molecular complexity index is 1180. The van der Waals surface area contributed by atoms with E-state index in [0.717, 1.165) is 22.3 Å². The van der Waals surface area contributed by atoms with E-state index in [-0.39, 0.29) is 11.5 Å². The minimum absolute atomic E-state index is 0.261. The number of fused-ring (bicyclic) bond motifs is 1. The number of carbonyl (C=O) groups is 1. The zero-order valence-electron chi connectivity index (χ0n) is 14.8. The topological polar surface area (TPSA) is 54.6 Å². The van der Waals surface area contributed by atoms with E-state index < -0.39 is 0 Å². The van der Waals surface area contributed by atoms with Gasteiger partial charge >= 0.3 is 0 Å². The Hall–Kier alpha value is -3.66. The largest absolute Gasteiger partial charge is 0.438 e. The molecule has 1 aromatic heterocycles. The maximum atomic E-state index is 12.9. The highest BCUT2D eigenvalue weighted by molar-refractivity contribution is 6.05. The monoisotopic (exact) mass is 354 g/mol. The van der Waals surface area contributed by atoms with Crippen LogP contribution in [0.15, 0.2) is 94.3 Å². The maximum absolute atomic E-state index is 12.9. The molecule has 132 valence electrons. The third-order valence-electron chi connectivity index (χ3n) is 4.27. The molecule has 0 saturated carbocycles. The van der Waals surface area contributed by atoms with Gasteiger partial charge in [-0.15, -0.1) is 0 Å². The van der Waals surface area contributed by atoms with Crippen LogP contribution < -0.4 is 10.9 Å². The number of benzene rings is 3. The Balaban J connectivity index is 1.87. The highest BCUT2D eigenvalue weighted by atomic mass is 16.3. The van der Waals surface area contributed by atoms with Crippen molar-refractivity contribution in [2.45, 2.75) is 6.92 Å². The van der Waals surface area contributed by atoms with Crippen LogP contribution >= 0.6 is 0 Å². The number of nitrogens with one attached hydrogen (secondary N) is 1. The van der Waals surface area contributed by atoms with Gasteiger partial charge in [0.05, 0.1) is 5.69 Å². The quantitative estimate of drug-likeness (QED) is 0.548. The highest BCUT2D eigenvalue weighted by Crippen LogP contribution is 2.18. The second kappa shape index (κ2) is 7.30. The molecule has 4 aromatic rings. The number of anilines is 1. The molecule has 0 aliphatic carbocycles. The Labute approximate surface area is 156 Å². The molecule has 0 saturated heterocycles. The molecular formula is C23H18N2O2. The van der Waals surface area contributed by atoms with Crippen LogP contribution in [0, 0.1) is 6.92 Å². The summed E-state index contributed by atoms with van der Waals surface area (Å²) < 4.78 is 5.98. The van der Waals surface area contributed by atoms with Crippen molar-refractivity contribution in [2.24, 2.45) is 4.99 Å². The van der Waals surface area contributed by atoms with Gasteiger partial charge in [0, 0.05) is 11.1 Å². The minimum Gasteiger partial charge on any atom is -0.438 e. The third kappa shape index (κ3) is 3.65. The van der Waals surface area contributed by atoms with Crippen LogP contribution in [0.4, 0.5) is 11.4 Å². The Morgan fingerprint density at radius 1 is 0.889 bits per heavy atom. The second-order valence-corrected chi connectivity index (χ2v) is 6.22. The average molecular weight is 354 g/mol. The Kier molecular flexibility index (Phi) is 4.54. The normalized spacial score (nSPS) is 11.5. The molecule has 0 atom stereocenters. The summed E-state index contributed by atoms with van der Waals surface area (Å²) in [7, 11) is 0. The lowest BCUT2D eigenvalue weighted by Gasteiger charge is -2.07. The molecule has 1 amide bonds. The molecule has 0 fully saturated rings. The van der Waals surface area contributed by atoms with E-state index >= 15 is 0 Å². The van der Waals surface area contributed by atoms with Crippen molar-refractivity contribution in [2.75, 3.05) is 5.32 Å². The summed E-state index contributed by atoms with van der Waals surface area (Å²) in [6, 6.07) is 26.5. The molecule has 1 heterocycles. The zero-order valence-corrected chi connectivity index (χ0v) is 14.8. The van der Waals surface area contributed by atoms with Gasteiger partial charge in [-0.3, -0.25) is 4.79 Å². The van der Waals surface area contributed by atoms with E-state index in [9.17, 15) is 4.79 Å². The molecule has 0 unspecified atom stereocenters. The minimum atomic E-state index is -0.261. The van der Waals surface area contributed by atoms with Crippen molar-refractivity contribution in [1.82, 2.24) is 0 Å². The van der Waals surface area contributed by atoms with E-state index in [1.165, 1.54) is 0 Å². The summed E-state index contributed by atoms with van der Waals surface area (Å²) in [6.45, 7) is 1.98. The van der Waals surface area contributed by atoms with E-state index in [2.05, 4.69) is 10.3 Å². The van der Waals surface area contributed by atoms with E-state index in [1.54, 1.807) is 0 Å². The van der Waals surface area contributed by atoms with Gasteiger partial charge in [0.15, 0.2) is 0 Å². The molecule has 0 spiro atoms. The van der Waals surface area contributed by atoms with Gasteiger partial charge in [-0.25, -0.2) is 4.99 Å². The van der Waals surface area contributed by atoms with E-state index in [0.29, 0.717) is 11.1 Å². The van der Waals surface area contributed by atoms with Crippen LogP contribution in [0.25, 0.3) is 11.0 Å². The number of aryl methyl sites for hydroxylation is 1. The molecule has 27 heavy (non-hydrogen) atoms. The lowest BCUT2D eigenvalue weighted by Crippen LogP contribution is -2.21. The van der Waals surface area contributed by atoms with Gasteiger partial charge in [-0.1, -0.05) is 54.6 Å². The molecule has 4 rings (SSSR count). The van der Waals surface area contributed by atoms with Crippen LogP contribution in [-0.2, 0) is 0 Å². The summed E-state index contributed by atoms with van der Waals surface area (Å²) in [5, 5.41) is 3.75. The van der Waals surface area contributed by atoms with Crippen LogP contribution in [-0.4, -0.2) is 5.91 Å². The summed E-state index contributed by atoms with van der Waals surface area (Å²) in [6.07, 6.45) is 0. The summed E-state index contributed by atoms with van der Waals surface area (Å²) in [4.78, 5) is 17.5. The predicted octanol–water partition coefficient (Wildman–Crippen LogP) is 5.23. The first-order chi connectivity index (χ1) is 13.2. The molecule has 0 aliphatic rings. The number of rotatable bonds is 3. The van der Waals surface area contributed by atoms with Gasteiger partial charge in [0.2, 0.25) is 5.55 Å². The SMILES string of the molecule is Cc1ccccc1N=c1oc2ccccc2cc1C(=O)Nc1ccccc1. The fourth-order valence-corrected chi connectivity index (χ4v) is 2.83. The van der Waals surface area contributed by atoms with E-state index in [4.69, 9.17) is 4.42 Å². The molecule has 0 aliphatic heterocycles. The first kappa shape index (κ1) is 16.8. The fraction of sp³-hybridized carbons (Fsp3) is 0.0435. The van der Waals surface area contributed by atoms with Crippen molar-refractivity contribution in [3.05, 3.63) is 102 Å². The first-order valence-electron chi connectivity index (χ1n) is 8.70. The number of nitrogens with zero attached hydrogens (tertiary/aromatic N) is 1. The van der Waals surface area contributed by atoms with Gasteiger partial charge in [-0.05, 0) is 42.8 Å². The lowest BCUT2D eigenvalue weighted by atomic mass is 10.1. The molecule has 3 aromatic carbocycles. The molecule has 0 bridgehead atoms. The smallest absolute Gasteiger partial charge is 0.261 e. The highest BCUT2D eigenvalue weighted by Gasteiger charge is 2.13. The molecule has 0 radical (unpaired) electrons. The number of hydrogen-bond donors (Lipinski definition) is 1. The number of amides is 1. The standard InChI is InChI=1S/C23H18N2O2/c1-16-9-5-7-13-20(16)25-23-19(15-17-10-6-8-14-21(17)27-23)22(26)24-18-11-3-2-4-12-18/h2-15H,1H3,(H,24,26). The lowest BCUT2D eigenvalue weighted by molar-refractivity contribution is 0.102. The summed E-state index contributed by atoms with van der Waals surface area (Å²) >= 11 is 0. The average Bonchev–Trinajstić information content (AvgIpc) is 2.70. The fourth-order valence-electron chi connectivity index (χ4n) is 2.83.